The van der Waals surface area contributed by atoms with Gasteiger partial charge >= 0.3 is 0 Å². The Morgan fingerprint density at radius 2 is 1.92 bits per heavy atom. The number of hydrogen-bond donors (Lipinski definition) is 1. The zero-order valence-electron chi connectivity index (χ0n) is 14.3. The van der Waals surface area contributed by atoms with Gasteiger partial charge in [-0.15, -0.1) is 0 Å². The Balaban J connectivity index is 1.88. The average Bonchev–Trinajstić information content (AvgIpc) is 2.63. The Labute approximate surface area is 152 Å². The van der Waals surface area contributed by atoms with Crippen LogP contribution in [0.4, 0.5) is 0 Å². The van der Waals surface area contributed by atoms with E-state index in [2.05, 4.69) is 17.5 Å². The van der Waals surface area contributed by atoms with Crippen LogP contribution in [0, 0.1) is 0 Å². The van der Waals surface area contributed by atoms with Crippen LogP contribution < -0.4 is 14.9 Å². The standard InChI is InChI=1S/C19H21ClN2O3/c1-3-10-25-16-6-4-14(5-7-16)13-21-22-19(23)12-15-11-17(24-2)8-9-18(15)20/h4-9,11,13H,3,10,12H2,1-2H3,(H,22,23)/b21-13+. The highest BCUT2D eigenvalue weighted by molar-refractivity contribution is 6.31. The van der Waals surface area contributed by atoms with Gasteiger partial charge in [0, 0.05) is 5.02 Å². The SMILES string of the molecule is CCCOc1ccc(/C=N/NC(=O)Cc2cc(OC)ccc2Cl)cc1. The maximum Gasteiger partial charge on any atom is 0.244 e. The molecule has 6 heteroatoms. The number of hydrazone groups is 1. The molecule has 0 heterocycles. The molecular weight excluding hydrogens is 340 g/mol. The van der Waals surface area contributed by atoms with Crippen molar-refractivity contribution < 1.29 is 14.3 Å². The van der Waals surface area contributed by atoms with E-state index in [1.807, 2.05) is 24.3 Å². The van der Waals surface area contributed by atoms with Crippen LogP contribution in [0.2, 0.25) is 5.02 Å². The fourth-order valence-electron chi connectivity index (χ4n) is 2.07. The number of nitrogens with zero attached hydrogens (tertiary/aromatic N) is 1. The van der Waals surface area contributed by atoms with E-state index in [1.54, 1.807) is 31.5 Å². The van der Waals surface area contributed by atoms with Crippen molar-refractivity contribution in [2.75, 3.05) is 13.7 Å². The number of ether oxygens (including phenoxy) is 2. The van der Waals surface area contributed by atoms with Gasteiger partial charge in [0.15, 0.2) is 0 Å². The number of halogens is 1. The van der Waals surface area contributed by atoms with Crippen LogP contribution in [0.5, 0.6) is 11.5 Å². The molecule has 25 heavy (non-hydrogen) atoms. The highest BCUT2D eigenvalue weighted by Gasteiger charge is 2.08. The van der Waals surface area contributed by atoms with Gasteiger partial charge in [0.05, 0.1) is 26.4 Å². The summed E-state index contributed by atoms with van der Waals surface area (Å²) in [4.78, 5) is 12.0. The summed E-state index contributed by atoms with van der Waals surface area (Å²) in [5.41, 5.74) is 4.04. The van der Waals surface area contributed by atoms with Crippen LogP contribution in [-0.2, 0) is 11.2 Å². The van der Waals surface area contributed by atoms with Crippen molar-refractivity contribution in [1.29, 1.82) is 0 Å². The van der Waals surface area contributed by atoms with E-state index >= 15 is 0 Å². The lowest BCUT2D eigenvalue weighted by Crippen LogP contribution is -2.20. The highest BCUT2D eigenvalue weighted by atomic mass is 35.5. The summed E-state index contributed by atoms with van der Waals surface area (Å²) in [5.74, 6) is 1.21. The first-order chi connectivity index (χ1) is 12.1. The molecule has 0 unspecified atom stereocenters. The molecule has 2 rings (SSSR count). The number of amides is 1. The van der Waals surface area contributed by atoms with Crippen LogP contribution in [0.3, 0.4) is 0 Å². The van der Waals surface area contributed by atoms with Crippen molar-refractivity contribution in [1.82, 2.24) is 5.43 Å². The largest absolute Gasteiger partial charge is 0.497 e. The Hall–Kier alpha value is -2.53. The van der Waals surface area contributed by atoms with Gasteiger partial charge in [-0.25, -0.2) is 5.43 Å². The molecule has 0 aliphatic heterocycles. The number of hydrogen-bond acceptors (Lipinski definition) is 4. The van der Waals surface area contributed by atoms with Crippen LogP contribution in [-0.4, -0.2) is 25.8 Å². The summed E-state index contributed by atoms with van der Waals surface area (Å²) in [6, 6.07) is 12.7. The number of benzene rings is 2. The molecule has 5 nitrogen and oxygen atoms in total. The molecule has 1 N–H and O–H groups in total. The summed E-state index contributed by atoms with van der Waals surface area (Å²) >= 11 is 6.09. The van der Waals surface area contributed by atoms with Gasteiger partial charge in [0.25, 0.3) is 0 Å². The predicted molar refractivity (Wildman–Crippen MR) is 99.7 cm³/mol. The van der Waals surface area contributed by atoms with Gasteiger partial charge in [-0.2, -0.15) is 5.10 Å². The van der Waals surface area contributed by atoms with E-state index < -0.39 is 0 Å². The van der Waals surface area contributed by atoms with Crippen LogP contribution >= 0.6 is 11.6 Å². The van der Waals surface area contributed by atoms with E-state index in [1.165, 1.54) is 0 Å². The number of carbonyl (C=O) groups excluding carboxylic acids is 1. The molecule has 2 aromatic rings. The summed E-state index contributed by atoms with van der Waals surface area (Å²) < 4.78 is 10.6. The van der Waals surface area contributed by atoms with E-state index in [-0.39, 0.29) is 12.3 Å². The van der Waals surface area contributed by atoms with Gasteiger partial charge < -0.3 is 9.47 Å². The number of carbonyl (C=O) groups is 1. The van der Waals surface area contributed by atoms with Gasteiger partial charge in [-0.3, -0.25) is 4.79 Å². The first kappa shape index (κ1) is 18.8. The highest BCUT2D eigenvalue weighted by Crippen LogP contribution is 2.22. The first-order valence-electron chi connectivity index (χ1n) is 7.99. The Bertz CT molecular complexity index is 730. The minimum Gasteiger partial charge on any atom is -0.497 e. The molecule has 1 amide bonds. The maximum absolute atomic E-state index is 12.0. The predicted octanol–water partition coefficient (Wildman–Crippen LogP) is 3.83. The molecule has 0 aromatic heterocycles. The second-order valence-electron chi connectivity index (χ2n) is 5.34. The van der Waals surface area contributed by atoms with Crippen molar-refractivity contribution in [3.63, 3.8) is 0 Å². The zero-order valence-corrected chi connectivity index (χ0v) is 15.0. The fourth-order valence-corrected chi connectivity index (χ4v) is 2.26. The Morgan fingerprint density at radius 1 is 1.20 bits per heavy atom. The Morgan fingerprint density at radius 3 is 2.60 bits per heavy atom. The summed E-state index contributed by atoms with van der Waals surface area (Å²) in [5, 5.41) is 4.48. The van der Waals surface area contributed by atoms with Crippen molar-refractivity contribution in [2.24, 2.45) is 5.10 Å². The monoisotopic (exact) mass is 360 g/mol. The lowest BCUT2D eigenvalue weighted by atomic mass is 10.1. The minimum atomic E-state index is -0.255. The molecule has 132 valence electrons. The molecule has 0 saturated heterocycles. The molecule has 0 aliphatic rings. The van der Waals surface area contributed by atoms with E-state index in [9.17, 15) is 4.79 Å². The van der Waals surface area contributed by atoms with E-state index in [0.29, 0.717) is 22.9 Å². The van der Waals surface area contributed by atoms with Crippen LogP contribution in [0.1, 0.15) is 24.5 Å². The average molecular weight is 361 g/mol. The van der Waals surface area contributed by atoms with Gasteiger partial charge in [0.2, 0.25) is 5.91 Å². The zero-order chi connectivity index (χ0) is 18.1. The molecule has 0 fully saturated rings. The van der Waals surface area contributed by atoms with Gasteiger partial charge in [-0.1, -0.05) is 18.5 Å². The Kier molecular flexibility index (Phi) is 7.29. The third-order valence-corrected chi connectivity index (χ3v) is 3.73. The molecule has 2 aromatic carbocycles. The summed E-state index contributed by atoms with van der Waals surface area (Å²) in [6.07, 6.45) is 2.67. The quantitative estimate of drug-likeness (QED) is 0.575. The third-order valence-electron chi connectivity index (χ3n) is 3.36. The lowest BCUT2D eigenvalue weighted by Gasteiger charge is -2.06. The van der Waals surface area contributed by atoms with Crippen LogP contribution in [0.15, 0.2) is 47.6 Å². The van der Waals surface area contributed by atoms with Crippen molar-refractivity contribution >= 4 is 23.7 Å². The normalized spacial score (nSPS) is 10.7. The number of rotatable bonds is 8. The van der Waals surface area contributed by atoms with E-state index in [0.717, 1.165) is 17.7 Å². The van der Waals surface area contributed by atoms with Gasteiger partial charge in [-0.05, 0) is 60.0 Å². The van der Waals surface area contributed by atoms with Crippen molar-refractivity contribution in [3.8, 4) is 11.5 Å². The molecular formula is C19H21ClN2O3. The van der Waals surface area contributed by atoms with E-state index in [4.69, 9.17) is 21.1 Å². The molecule has 0 aliphatic carbocycles. The summed E-state index contributed by atoms with van der Waals surface area (Å²) in [7, 11) is 1.57. The smallest absolute Gasteiger partial charge is 0.244 e. The topological polar surface area (TPSA) is 59.9 Å². The first-order valence-corrected chi connectivity index (χ1v) is 8.37. The molecule has 0 radical (unpaired) electrons. The second-order valence-corrected chi connectivity index (χ2v) is 5.75. The fraction of sp³-hybridized carbons (Fsp3) is 0.263. The maximum atomic E-state index is 12.0. The molecule has 0 spiro atoms. The third kappa shape index (κ3) is 6.12. The lowest BCUT2D eigenvalue weighted by molar-refractivity contribution is -0.120. The second kappa shape index (κ2) is 9.69. The minimum absolute atomic E-state index is 0.122. The van der Waals surface area contributed by atoms with Crippen molar-refractivity contribution in [2.45, 2.75) is 19.8 Å². The van der Waals surface area contributed by atoms with Crippen LogP contribution in [0.25, 0.3) is 0 Å². The molecule has 0 saturated carbocycles. The summed E-state index contributed by atoms with van der Waals surface area (Å²) in [6.45, 7) is 2.75. The number of methoxy groups -OCH3 is 1. The van der Waals surface area contributed by atoms with Gasteiger partial charge in [0.1, 0.15) is 11.5 Å². The molecule has 0 bridgehead atoms. The molecule has 0 atom stereocenters. The van der Waals surface area contributed by atoms with Crippen molar-refractivity contribution in [3.05, 3.63) is 58.6 Å². The number of nitrogens with one attached hydrogen (secondary N) is 1.